The lowest BCUT2D eigenvalue weighted by Gasteiger charge is -2.43. The number of hydrogen-bond donors (Lipinski definition) is 2. The molecular formula is C40H52N4O5. The molecule has 0 spiro atoms. The molecule has 3 aromatic rings. The Labute approximate surface area is 290 Å². The van der Waals surface area contributed by atoms with Crippen LogP contribution < -0.4 is 10.6 Å². The number of rotatable bonds is 9. The van der Waals surface area contributed by atoms with Crippen LogP contribution in [0, 0.1) is 10.8 Å². The molecule has 0 saturated carbocycles. The highest BCUT2D eigenvalue weighted by atomic mass is 16.6. The number of amides is 4. The molecule has 9 nitrogen and oxygen atoms in total. The third-order valence-corrected chi connectivity index (χ3v) is 10.0. The van der Waals surface area contributed by atoms with Gasteiger partial charge in [-0.1, -0.05) is 79.7 Å². The second-order valence-electron chi connectivity index (χ2n) is 15.1. The summed E-state index contributed by atoms with van der Waals surface area (Å²) in [7, 11) is 0. The van der Waals surface area contributed by atoms with Gasteiger partial charge in [-0.25, -0.2) is 4.79 Å². The molecule has 3 aromatic carbocycles. The van der Waals surface area contributed by atoms with Crippen molar-refractivity contribution in [3.05, 3.63) is 83.9 Å². The van der Waals surface area contributed by atoms with E-state index in [2.05, 4.69) is 22.8 Å². The van der Waals surface area contributed by atoms with E-state index in [0.717, 1.165) is 21.9 Å². The van der Waals surface area contributed by atoms with E-state index in [4.69, 9.17) is 4.74 Å². The molecular weight excluding hydrogens is 616 g/mol. The highest BCUT2D eigenvalue weighted by Gasteiger charge is 2.45. The van der Waals surface area contributed by atoms with Crippen LogP contribution in [0.4, 0.5) is 4.79 Å². The molecule has 262 valence electrons. The topological polar surface area (TPSA) is 108 Å². The number of likely N-dealkylation sites (tertiary alicyclic amines) is 2. The average Bonchev–Trinajstić information content (AvgIpc) is 3.07. The van der Waals surface area contributed by atoms with Crippen LogP contribution in [-0.2, 0) is 32.0 Å². The summed E-state index contributed by atoms with van der Waals surface area (Å²) in [6.07, 6.45) is 2.73. The molecule has 2 N–H and O–H groups in total. The van der Waals surface area contributed by atoms with Crippen molar-refractivity contribution in [1.82, 2.24) is 20.4 Å². The number of benzene rings is 3. The maximum Gasteiger partial charge on any atom is 0.410 e. The second-order valence-corrected chi connectivity index (χ2v) is 15.1. The normalized spacial score (nSPS) is 19.9. The van der Waals surface area contributed by atoms with Crippen molar-refractivity contribution >= 4 is 34.6 Å². The standard InChI is InChI=1S/C40H52N4O5/c1-6-41-36(47)40(27-29-13-8-7-9-14-29)19-12-22-44(28-40)34(45)33(26-30-17-18-31-15-10-11-16-32(31)25-30)42-35(46)39(5)20-23-43(24-21-39)37(48)49-38(2,3)4/h7-11,13-18,25,33H,6,12,19-24,26-28H2,1-5H3,(H,41,47)(H,42,46)/t33-,40+/m1/s1. The summed E-state index contributed by atoms with van der Waals surface area (Å²) in [6.45, 7) is 11.4. The Balaban J connectivity index is 1.38. The largest absolute Gasteiger partial charge is 0.444 e. The first-order valence-corrected chi connectivity index (χ1v) is 17.7. The van der Waals surface area contributed by atoms with E-state index in [1.54, 1.807) is 9.80 Å². The van der Waals surface area contributed by atoms with E-state index in [0.29, 0.717) is 64.7 Å². The molecule has 0 unspecified atom stereocenters. The van der Waals surface area contributed by atoms with Crippen LogP contribution in [0.5, 0.6) is 0 Å². The first-order chi connectivity index (χ1) is 23.3. The number of carbonyl (C=O) groups excluding carboxylic acids is 4. The summed E-state index contributed by atoms with van der Waals surface area (Å²) in [5, 5.41) is 8.38. The fourth-order valence-electron chi connectivity index (χ4n) is 7.16. The maximum absolute atomic E-state index is 14.6. The SMILES string of the molecule is CCNC(=O)[C@]1(Cc2ccccc2)CCCN(C(=O)[C@@H](Cc2ccc3ccccc3c2)NC(=O)C2(C)CCN(C(=O)OC(C)(C)C)CC2)C1. The van der Waals surface area contributed by atoms with Gasteiger partial charge in [0, 0.05) is 44.6 Å². The van der Waals surface area contributed by atoms with Crippen molar-refractivity contribution in [2.45, 2.75) is 84.8 Å². The highest BCUT2D eigenvalue weighted by molar-refractivity contribution is 5.92. The Bertz CT molecular complexity index is 1640. The summed E-state index contributed by atoms with van der Waals surface area (Å²) in [4.78, 5) is 58.6. The van der Waals surface area contributed by atoms with E-state index in [1.165, 1.54) is 0 Å². The quantitative estimate of drug-likeness (QED) is 0.296. The molecule has 2 heterocycles. The fraction of sp³-hybridized carbons (Fsp3) is 0.500. The van der Waals surface area contributed by atoms with Crippen molar-refractivity contribution in [3.63, 3.8) is 0 Å². The Hall–Kier alpha value is -4.40. The lowest BCUT2D eigenvalue weighted by Crippen LogP contribution is -2.59. The molecule has 0 aliphatic carbocycles. The monoisotopic (exact) mass is 668 g/mol. The third kappa shape index (κ3) is 8.80. The lowest BCUT2D eigenvalue weighted by molar-refractivity contribution is -0.146. The first-order valence-electron chi connectivity index (χ1n) is 17.7. The smallest absolute Gasteiger partial charge is 0.410 e. The van der Waals surface area contributed by atoms with Gasteiger partial charge in [-0.3, -0.25) is 14.4 Å². The molecule has 49 heavy (non-hydrogen) atoms. The average molecular weight is 669 g/mol. The predicted molar refractivity (Wildman–Crippen MR) is 192 cm³/mol. The molecule has 2 fully saturated rings. The fourth-order valence-corrected chi connectivity index (χ4v) is 7.16. The van der Waals surface area contributed by atoms with Gasteiger partial charge in [0.2, 0.25) is 17.7 Å². The van der Waals surface area contributed by atoms with E-state index >= 15 is 0 Å². The Kier molecular flexibility index (Phi) is 11.0. The van der Waals surface area contributed by atoms with Crippen LogP contribution in [-0.4, -0.2) is 78.0 Å². The highest BCUT2D eigenvalue weighted by Crippen LogP contribution is 2.36. The van der Waals surface area contributed by atoms with Gasteiger partial charge >= 0.3 is 6.09 Å². The first kappa shape index (κ1) is 35.9. The molecule has 2 aliphatic rings. The second kappa shape index (κ2) is 15.0. The van der Waals surface area contributed by atoms with Gasteiger partial charge in [-0.2, -0.15) is 0 Å². The van der Waals surface area contributed by atoms with Crippen LogP contribution in [0.3, 0.4) is 0 Å². The zero-order valence-corrected chi connectivity index (χ0v) is 29.7. The predicted octanol–water partition coefficient (Wildman–Crippen LogP) is 5.89. The number of ether oxygens (including phenoxy) is 1. The third-order valence-electron chi connectivity index (χ3n) is 10.0. The van der Waals surface area contributed by atoms with Gasteiger partial charge in [-0.05, 0) is 81.7 Å². The summed E-state index contributed by atoms with van der Waals surface area (Å²) in [6, 6.07) is 23.4. The minimum atomic E-state index is -0.823. The van der Waals surface area contributed by atoms with Gasteiger partial charge in [0.1, 0.15) is 11.6 Å². The summed E-state index contributed by atoms with van der Waals surface area (Å²) in [5.74, 6) is -0.430. The number of nitrogens with one attached hydrogen (secondary N) is 2. The van der Waals surface area contributed by atoms with E-state index in [9.17, 15) is 19.2 Å². The van der Waals surface area contributed by atoms with Crippen molar-refractivity contribution in [1.29, 1.82) is 0 Å². The molecule has 2 atom stereocenters. The van der Waals surface area contributed by atoms with E-state index in [-0.39, 0.29) is 30.4 Å². The zero-order valence-electron chi connectivity index (χ0n) is 29.7. The minimum Gasteiger partial charge on any atom is -0.444 e. The zero-order chi connectivity index (χ0) is 35.2. The molecule has 2 aliphatic heterocycles. The van der Waals surface area contributed by atoms with Gasteiger partial charge < -0.3 is 25.2 Å². The molecule has 0 bridgehead atoms. The lowest BCUT2D eigenvalue weighted by atomic mass is 9.74. The van der Waals surface area contributed by atoms with Crippen molar-refractivity contribution in [2.24, 2.45) is 10.8 Å². The Morgan fingerprint density at radius 1 is 0.816 bits per heavy atom. The van der Waals surface area contributed by atoms with Gasteiger partial charge in [0.05, 0.1) is 5.41 Å². The molecule has 2 saturated heterocycles. The Morgan fingerprint density at radius 2 is 1.49 bits per heavy atom. The number of piperidine rings is 2. The molecule has 0 aromatic heterocycles. The van der Waals surface area contributed by atoms with Crippen LogP contribution in [0.2, 0.25) is 0 Å². The number of hydrogen-bond acceptors (Lipinski definition) is 5. The molecule has 4 amide bonds. The van der Waals surface area contributed by atoms with E-state index in [1.807, 2.05) is 95.3 Å². The summed E-state index contributed by atoms with van der Waals surface area (Å²) < 4.78 is 5.56. The van der Waals surface area contributed by atoms with Gasteiger partial charge in [-0.15, -0.1) is 0 Å². The number of carbonyl (C=O) groups is 4. The summed E-state index contributed by atoms with van der Waals surface area (Å²) >= 11 is 0. The molecule has 5 rings (SSSR count). The van der Waals surface area contributed by atoms with E-state index < -0.39 is 22.5 Å². The number of nitrogens with zero attached hydrogens (tertiary/aromatic N) is 2. The van der Waals surface area contributed by atoms with Crippen molar-refractivity contribution in [2.75, 3.05) is 32.7 Å². The Morgan fingerprint density at radius 3 is 2.16 bits per heavy atom. The minimum absolute atomic E-state index is 0.0456. The van der Waals surface area contributed by atoms with Gasteiger partial charge in [0.25, 0.3) is 0 Å². The van der Waals surface area contributed by atoms with Crippen molar-refractivity contribution < 1.29 is 23.9 Å². The van der Waals surface area contributed by atoms with Gasteiger partial charge in [0.15, 0.2) is 0 Å². The van der Waals surface area contributed by atoms with Crippen LogP contribution in [0.25, 0.3) is 10.8 Å². The summed E-state index contributed by atoms with van der Waals surface area (Å²) in [5.41, 5.74) is -0.146. The van der Waals surface area contributed by atoms with Crippen LogP contribution in [0.1, 0.15) is 71.4 Å². The van der Waals surface area contributed by atoms with Crippen LogP contribution >= 0.6 is 0 Å². The molecule has 9 heteroatoms. The number of fused-ring (bicyclic) bond motifs is 1. The van der Waals surface area contributed by atoms with Crippen molar-refractivity contribution in [3.8, 4) is 0 Å². The maximum atomic E-state index is 14.6. The molecule has 0 radical (unpaired) electrons. The van der Waals surface area contributed by atoms with Crippen LogP contribution in [0.15, 0.2) is 72.8 Å².